The quantitative estimate of drug-likeness (QED) is 0.183. The van der Waals surface area contributed by atoms with Crippen LogP contribution >= 0.6 is 0 Å². The normalized spacial score (nSPS) is 11.7. The van der Waals surface area contributed by atoms with Crippen LogP contribution in [0, 0.1) is 0 Å². The molecule has 2 heterocycles. The molecule has 0 radical (unpaired) electrons. The minimum Gasteiger partial charge on any atom is -0.456 e. The lowest BCUT2D eigenvalue weighted by atomic mass is 9.90. The lowest BCUT2D eigenvalue weighted by Gasteiger charge is -2.15. The predicted octanol–water partition coefficient (Wildman–Crippen LogP) is 11.9. The molecule has 0 saturated carbocycles. The third-order valence-corrected chi connectivity index (χ3v) is 9.51. The topological polar surface area (TPSA) is 51.8 Å². The molecule has 0 fully saturated rings. The van der Waals surface area contributed by atoms with Gasteiger partial charge in [0.25, 0.3) is 0 Å². The summed E-state index contributed by atoms with van der Waals surface area (Å²) in [5, 5.41) is 9.22. The summed E-state index contributed by atoms with van der Waals surface area (Å²) in [6.45, 7) is 0. The van der Waals surface area contributed by atoms with E-state index in [-0.39, 0.29) is 0 Å². The molecule has 0 aliphatic heterocycles. The molecule has 0 bridgehead atoms. The summed E-state index contributed by atoms with van der Waals surface area (Å²) >= 11 is 0. The summed E-state index contributed by atoms with van der Waals surface area (Å²) in [7, 11) is 0. The number of nitrogens with zero attached hydrogens (tertiary/aromatic N) is 3. The van der Waals surface area contributed by atoms with Gasteiger partial charge in [-0.2, -0.15) is 0 Å². The van der Waals surface area contributed by atoms with Crippen LogP contribution in [0.2, 0.25) is 0 Å². The molecule has 0 saturated heterocycles. The van der Waals surface area contributed by atoms with Crippen LogP contribution in [0.1, 0.15) is 0 Å². The van der Waals surface area contributed by atoms with E-state index in [4.69, 9.17) is 19.4 Å². The molecule has 0 aliphatic carbocycles. The van der Waals surface area contributed by atoms with E-state index >= 15 is 0 Å². The maximum absolute atomic E-state index is 6.24. The Bertz CT molecular complexity index is 2890. The zero-order valence-corrected chi connectivity index (χ0v) is 26.3. The van der Waals surface area contributed by atoms with Crippen LogP contribution in [0.25, 0.3) is 99.5 Å². The fourth-order valence-corrected chi connectivity index (χ4v) is 7.23. The van der Waals surface area contributed by atoms with E-state index in [0.29, 0.717) is 17.5 Å². The van der Waals surface area contributed by atoms with Gasteiger partial charge >= 0.3 is 0 Å². The number of hydrogen-bond donors (Lipinski definition) is 0. The van der Waals surface area contributed by atoms with Gasteiger partial charge in [-0.05, 0) is 67.7 Å². The van der Waals surface area contributed by atoms with Crippen molar-refractivity contribution in [3.8, 4) is 45.3 Å². The van der Waals surface area contributed by atoms with Crippen molar-refractivity contribution < 1.29 is 4.42 Å². The predicted molar refractivity (Wildman–Crippen MR) is 201 cm³/mol. The summed E-state index contributed by atoms with van der Waals surface area (Å²) in [5.74, 6) is 1.85. The van der Waals surface area contributed by atoms with Crippen LogP contribution in [0.3, 0.4) is 0 Å². The zero-order chi connectivity index (χ0) is 32.3. The number of furan rings is 1. The molecule has 4 heteroatoms. The Morgan fingerprint density at radius 1 is 0.327 bits per heavy atom. The van der Waals surface area contributed by atoms with E-state index in [1.165, 1.54) is 38.1 Å². The Balaban J connectivity index is 1.23. The average molecular weight is 626 g/mol. The van der Waals surface area contributed by atoms with Crippen LogP contribution in [0.5, 0.6) is 0 Å². The second kappa shape index (κ2) is 11.0. The lowest BCUT2D eigenvalue weighted by Crippen LogP contribution is -2.00. The van der Waals surface area contributed by atoms with E-state index in [1.807, 2.05) is 60.7 Å². The van der Waals surface area contributed by atoms with Crippen molar-refractivity contribution in [2.45, 2.75) is 0 Å². The second-order valence-corrected chi connectivity index (χ2v) is 12.4. The Hall–Kier alpha value is -6.65. The van der Waals surface area contributed by atoms with E-state index in [2.05, 4.69) is 103 Å². The van der Waals surface area contributed by atoms with Crippen molar-refractivity contribution in [1.29, 1.82) is 0 Å². The molecule has 0 aliphatic rings. The number of rotatable bonds is 4. The molecule has 4 nitrogen and oxygen atoms in total. The van der Waals surface area contributed by atoms with Gasteiger partial charge in [-0.15, -0.1) is 0 Å². The smallest absolute Gasteiger partial charge is 0.164 e. The first-order valence-corrected chi connectivity index (χ1v) is 16.4. The number of benzene rings is 8. The highest BCUT2D eigenvalue weighted by atomic mass is 16.3. The number of aromatic nitrogens is 3. The van der Waals surface area contributed by atoms with E-state index in [1.54, 1.807) is 0 Å². The molecule has 0 amide bonds. The summed E-state index contributed by atoms with van der Waals surface area (Å²) in [5.41, 5.74) is 6.84. The van der Waals surface area contributed by atoms with Crippen LogP contribution in [-0.2, 0) is 0 Å². The molecule has 0 unspecified atom stereocenters. The number of fused-ring (bicyclic) bond motifs is 7. The van der Waals surface area contributed by atoms with Gasteiger partial charge in [0.05, 0.1) is 0 Å². The molecule has 0 N–H and O–H groups in total. The first kappa shape index (κ1) is 27.5. The van der Waals surface area contributed by atoms with Gasteiger partial charge < -0.3 is 4.42 Å². The summed E-state index contributed by atoms with van der Waals surface area (Å²) in [6.07, 6.45) is 0. The Morgan fingerprint density at radius 2 is 0.959 bits per heavy atom. The highest BCUT2D eigenvalue weighted by molar-refractivity contribution is 6.17. The molecule has 49 heavy (non-hydrogen) atoms. The fraction of sp³-hybridized carbons (Fsp3) is 0. The van der Waals surface area contributed by atoms with Crippen LogP contribution in [0.15, 0.2) is 168 Å². The molecule has 0 spiro atoms. The Kier molecular flexibility index (Phi) is 6.15. The minimum absolute atomic E-state index is 0.607. The summed E-state index contributed by atoms with van der Waals surface area (Å²) in [4.78, 5) is 15.3. The Morgan fingerprint density at radius 3 is 1.84 bits per heavy atom. The molecule has 0 atom stereocenters. The fourth-order valence-electron chi connectivity index (χ4n) is 7.23. The minimum atomic E-state index is 0.607. The van der Waals surface area contributed by atoms with Crippen molar-refractivity contribution in [2.24, 2.45) is 0 Å². The largest absolute Gasteiger partial charge is 0.456 e. The molecule has 228 valence electrons. The second-order valence-electron chi connectivity index (χ2n) is 12.4. The SMILES string of the molecule is c1ccc(-c2nc(-c3ccc4c(-c5cccc6ccccc56)cc5ccccc5c4c3)nc(-c3cccc4oc5ccccc5c34)n2)cc1. The number of hydrogen-bond acceptors (Lipinski definition) is 4. The van der Waals surface area contributed by atoms with Gasteiger partial charge in [-0.1, -0.05) is 140 Å². The average Bonchev–Trinajstić information content (AvgIpc) is 3.56. The third kappa shape index (κ3) is 4.49. The van der Waals surface area contributed by atoms with E-state index in [0.717, 1.165) is 44.0 Å². The van der Waals surface area contributed by atoms with E-state index < -0.39 is 0 Å². The maximum Gasteiger partial charge on any atom is 0.164 e. The molecular weight excluding hydrogens is 599 g/mol. The highest BCUT2D eigenvalue weighted by Gasteiger charge is 2.19. The van der Waals surface area contributed by atoms with Crippen molar-refractivity contribution in [2.75, 3.05) is 0 Å². The molecule has 10 rings (SSSR count). The third-order valence-electron chi connectivity index (χ3n) is 9.51. The van der Waals surface area contributed by atoms with Gasteiger partial charge in [-0.25, -0.2) is 15.0 Å². The molecule has 8 aromatic carbocycles. The maximum atomic E-state index is 6.24. The van der Waals surface area contributed by atoms with Crippen molar-refractivity contribution in [1.82, 2.24) is 15.0 Å². The standard InChI is InChI=1S/C45H27N3O/c1-2-13-29(14-3-1)43-46-44(48-45(47-43)37-21-11-23-41-42(37)36-19-8-9-22-40(36)49-41)31-24-25-35-38(27-31)33-18-7-5-15-30(33)26-39(35)34-20-10-16-28-12-4-6-17-32(28)34/h1-27H. The van der Waals surface area contributed by atoms with Gasteiger partial charge in [0.2, 0.25) is 0 Å². The van der Waals surface area contributed by atoms with Gasteiger partial charge in [0.15, 0.2) is 17.5 Å². The lowest BCUT2D eigenvalue weighted by molar-refractivity contribution is 0.669. The van der Waals surface area contributed by atoms with Gasteiger partial charge in [0.1, 0.15) is 11.2 Å². The first-order valence-electron chi connectivity index (χ1n) is 16.4. The monoisotopic (exact) mass is 625 g/mol. The molecule has 10 aromatic rings. The Labute approximate surface area is 282 Å². The van der Waals surface area contributed by atoms with E-state index in [9.17, 15) is 0 Å². The number of para-hydroxylation sites is 1. The van der Waals surface area contributed by atoms with Gasteiger partial charge in [0, 0.05) is 27.5 Å². The van der Waals surface area contributed by atoms with Crippen molar-refractivity contribution >= 4 is 54.3 Å². The van der Waals surface area contributed by atoms with Crippen molar-refractivity contribution in [3.05, 3.63) is 164 Å². The van der Waals surface area contributed by atoms with Crippen LogP contribution < -0.4 is 0 Å². The summed E-state index contributed by atoms with van der Waals surface area (Å²) in [6, 6.07) is 57.0. The highest BCUT2D eigenvalue weighted by Crippen LogP contribution is 2.40. The first-order chi connectivity index (χ1) is 24.3. The zero-order valence-electron chi connectivity index (χ0n) is 26.3. The van der Waals surface area contributed by atoms with Gasteiger partial charge in [-0.3, -0.25) is 0 Å². The summed E-state index contributed by atoms with van der Waals surface area (Å²) < 4.78 is 6.24. The van der Waals surface area contributed by atoms with Crippen LogP contribution in [-0.4, -0.2) is 15.0 Å². The molecule has 2 aromatic heterocycles. The van der Waals surface area contributed by atoms with Crippen molar-refractivity contribution in [3.63, 3.8) is 0 Å². The molecular formula is C45H27N3O. The van der Waals surface area contributed by atoms with Crippen LogP contribution in [0.4, 0.5) is 0 Å².